The number of hydrogen-bond donors (Lipinski definition) is 2. The van der Waals surface area contributed by atoms with E-state index in [1.54, 1.807) is 0 Å². The molecular weight excluding hydrogens is 233 g/mol. The van der Waals surface area contributed by atoms with Gasteiger partial charge in [0.2, 0.25) is 0 Å². The van der Waals surface area contributed by atoms with E-state index in [2.05, 4.69) is 10.3 Å². The van der Waals surface area contributed by atoms with E-state index in [4.69, 9.17) is 16.7 Å². The summed E-state index contributed by atoms with van der Waals surface area (Å²) in [6, 6.07) is 1.42. The Balaban J connectivity index is 2.55. The smallest absolute Gasteiger partial charge is 0.382 e. The van der Waals surface area contributed by atoms with Crippen LogP contribution in [0.4, 0.5) is 18.9 Å². The van der Waals surface area contributed by atoms with E-state index < -0.39 is 18.8 Å². The highest BCUT2D eigenvalue weighted by Crippen LogP contribution is 2.22. The molecule has 1 heterocycles. The van der Waals surface area contributed by atoms with Gasteiger partial charge in [-0.2, -0.15) is 13.2 Å². The molecule has 0 spiro atoms. The lowest BCUT2D eigenvalue weighted by Crippen LogP contribution is -2.35. The zero-order valence-electron chi connectivity index (χ0n) is 7.42. The molecule has 1 aromatic rings. The number of nitrogens with zero attached hydrogens (tertiary/aromatic N) is 1. The standard InChI is InChI=1S/C8H8ClF3N2O/c9-5-3-13-2-1-6(5)14-4-7(15)8(10,11)12/h1-3,7,15H,4H2,(H,13,14). The summed E-state index contributed by atoms with van der Waals surface area (Å²) in [5.41, 5.74) is 0.301. The molecule has 0 aliphatic carbocycles. The number of pyridine rings is 1. The third-order valence-electron chi connectivity index (χ3n) is 1.64. The maximum atomic E-state index is 11.9. The van der Waals surface area contributed by atoms with Crippen molar-refractivity contribution in [1.29, 1.82) is 0 Å². The second-order valence-corrected chi connectivity index (χ2v) is 3.20. The molecule has 15 heavy (non-hydrogen) atoms. The fourth-order valence-electron chi connectivity index (χ4n) is 0.841. The predicted octanol–water partition coefficient (Wildman–Crippen LogP) is 2.07. The molecule has 0 aliphatic rings. The summed E-state index contributed by atoms with van der Waals surface area (Å²) < 4.78 is 35.8. The number of aliphatic hydroxyl groups excluding tert-OH is 1. The molecular formula is C8H8ClF3N2O. The van der Waals surface area contributed by atoms with Crippen LogP contribution in [0.2, 0.25) is 5.02 Å². The molecule has 0 bridgehead atoms. The SMILES string of the molecule is OC(CNc1ccncc1Cl)C(F)(F)F. The number of rotatable bonds is 3. The van der Waals surface area contributed by atoms with Crippen molar-refractivity contribution >= 4 is 17.3 Å². The van der Waals surface area contributed by atoms with Gasteiger partial charge in [-0.25, -0.2) is 0 Å². The molecule has 0 saturated heterocycles. The van der Waals surface area contributed by atoms with E-state index in [1.807, 2.05) is 0 Å². The van der Waals surface area contributed by atoms with E-state index in [-0.39, 0.29) is 5.02 Å². The van der Waals surface area contributed by atoms with Crippen LogP contribution < -0.4 is 5.32 Å². The van der Waals surface area contributed by atoms with E-state index in [0.717, 1.165) is 0 Å². The summed E-state index contributed by atoms with van der Waals surface area (Å²) in [5.74, 6) is 0. The van der Waals surface area contributed by atoms with Gasteiger partial charge in [0.1, 0.15) is 0 Å². The minimum absolute atomic E-state index is 0.201. The Morgan fingerprint density at radius 2 is 2.20 bits per heavy atom. The number of aliphatic hydroxyl groups is 1. The molecule has 1 rings (SSSR count). The number of alkyl halides is 3. The van der Waals surface area contributed by atoms with Crippen LogP contribution in [0.15, 0.2) is 18.5 Å². The van der Waals surface area contributed by atoms with Crippen LogP contribution in [-0.2, 0) is 0 Å². The summed E-state index contributed by atoms with van der Waals surface area (Å²) >= 11 is 5.63. The number of hydrogen-bond acceptors (Lipinski definition) is 3. The summed E-state index contributed by atoms with van der Waals surface area (Å²) in [6.45, 7) is -0.646. The molecule has 0 saturated carbocycles. The maximum Gasteiger partial charge on any atom is 0.416 e. The summed E-state index contributed by atoms with van der Waals surface area (Å²) in [7, 11) is 0. The van der Waals surface area contributed by atoms with Gasteiger partial charge < -0.3 is 10.4 Å². The first-order valence-corrected chi connectivity index (χ1v) is 4.37. The van der Waals surface area contributed by atoms with Gasteiger partial charge in [-0.05, 0) is 6.07 Å². The van der Waals surface area contributed by atoms with Crippen LogP contribution in [0.25, 0.3) is 0 Å². The van der Waals surface area contributed by atoms with Gasteiger partial charge in [0.25, 0.3) is 0 Å². The van der Waals surface area contributed by atoms with Crippen molar-refractivity contribution in [1.82, 2.24) is 4.98 Å². The quantitative estimate of drug-likeness (QED) is 0.850. The average Bonchev–Trinajstić information content (AvgIpc) is 2.14. The Kier molecular flexibility index (Phi) is 3.76. The second-order valence-electron chi connectivity index (χ2n) is 2.79. The largest absolute Gasteiger partial charge is 0.416 e. The molecule has 0 radical (unpaired) electrons. The van der Waals surface area contributed by atoms with Gasteiger partial charge in [0.05, 0.1) is 10.7 Å². The zero-order chi connectivity index (χ0) is 11.5. The normalized spacial score (nSPS) is 13.7. The lowest BCUT2D eigenvalue weighted by atomic mass is 10.3. The summed E-state index contributed by atoms with van der Waals surface area (Å²) in [5, 5.41) is 11.3. The molecule has 0 aliphatic heterocycles. The van der Waals surface area contributed by atoms with Crippen LogP contribution in [0, 0.1) is 0 Å². The Labute approximate surface area is 88.9 Å². The Hall–Kier alpha value is -1.01. The fourth-order valence-corrected chi connectivity index (χ4v) is 1.03. The lowest BCUT2D eigenvalue weighted by Gasteiger charge is -2.16. The van der Waals surface area contributed by atoms with Gasteiger partial charge in [-0.15, -0.1) is 0 Å². The Morgan fingerprint density at radius 1 is 1.53 bits per heavy atom. The highest BCUT2D eigenvalue weighted by molar-refractivity contribution is 6.33. The highest BCUT2D eigenvalue weighted by Gasteiger charge is 2.37. The van der Waals surface area contributed by atoms with Crippen LogP contribution in [0.5, 0.6) is 0 Å². The topological polar surface area (TPSA) is 45.1 Å². The molecule has 1 aromatic heterocycles. The first-order chi connectivity index (χ1) is 6.91. The molecule has 1 unspecified atom stereocenters. The Bertz CT molecular complexity index is 332. The minimum atomic E-state index is -4.63. The fraction of sp³-hybridized carbons (Fsp3) is 0.375. The highest BCUT2D eigenvalue weighted by atomic mass is 35.5. The van der Waals surface area contributed by atoms with Crippen molar-refractivity contribution < 1.29 is 18.3 Å². The first-order valence-electron chi connectivity index (χ1n) is 3.99. The van der Waals surface area contributed by atoms with Gasteiger partial charge in [-0.3, -0.25) is 4.98 Å². The predicted molar refractivity (Wildman–Crippen MR) is 49.8 cm³/mol. The van der Waals surface area contributed by atoms with Crippen molar-refractivity contribution in [2.75, 3.05) is 11.9 Å². The zero-order valence-corrected chi connectivity index (χ0v) is 8.18. The summed E-state index contributed by atoms with van der Waals surface area (Å²) in [4.78, 5) is 3.66. The van der Waals surface area contributed by atoms with Gasteiger partial charge in [0, 0.05) is 18.9 Å². The molecule has 0 amide bonds. The lowest BCUT2D eigenvalue weighted by molar-refractivity contribution is -0.198. The minimum Gasteiger partial charge on any atom is -0.382 e. The number of aromatic nitrogens is 1. The van der Waals surface area contributed by atoms with Crippen molar-refractivity contribution in [2.24, 2.45) is 0 Å². The van der Waals surface area contributed by atoms with Crippen molar-refractivity contribution in [3.05, 3.63) is 23.5 Å². The molecule has 0 fully saturated rings. The van der Waals surface area contributed by atoms with Crippen molar-refractivity contribution in [2.45, 2.75) is 12.3 Å². The molecule has 7 heteroatoms. The van der Waals surface area contributed by atoms with Crippen LogP contribution in [0.3, 0.4) is 0 Å². The summed E-state index contributed by atoms with van der Waals surface area (Å²) in [6.07, 6.45) is -4.37. The number of anilines is 1. The maximum absolute atomic E-state index is 11.9. The van der Waals surface area contributed by atoms with E-state index in [9.17, 15) is 13.2 Å². The van der Waals surface area contributed by atoms with Gasteiger partial charge >= 0.3 is 6.18 Å². The second kappa shape index (κ2) is 4.67. The van der Waals surface area contributed by atoms with E-state index in [1.165, 1.54) is 18.5 Å². The molecule has 0 aromatic carbocycles. The third kappa shape index (κ3) is 3.56. The monoisotopic (exact) mass is 240 g/mol. The van der Waals surface area contributed by atoms with Gasteiger partial charge in [0.15, 0.2) is 6.10 Å². The molecule has 1 atom stereocenters. The number of nitrogens with one attached hydrogen (secondary N) is 1. The number of halogens is 4. The van der Waals surface area contributed by atoms with Crippen LogP contribution in [-0.4, -0.2) is 28.9 Å². The van der Waals surface area contributed by atoms with Gasteiger partial charge in [-0.1, -0.05) is 11.6 Å². The average molecular weight is 241 g/mol. The first kappa shape index (κ1) is 12.1. The van der Waals surface area contributed by atoms with E-state index >= 15 is 0 Å². The Morgan fingerprint density at radius 3 is 2.73 bits per heavy atom. The van der Waals surface area contributed by atoms with E-state index in [0.29, 0.717) is 5.69 Å². The third-order valence-corrected chi connectivity index (χ3v) is 1.94. The molecule has 3 nitrogen and oxygen atoms in total. The van der Waals surface area contributed by atoms with Crippen LogP contribution >= 0.6 is 11.6 Å². The van der Waals surface area contributed by atoms with Crippen molar-refractivity contribution in [3.8, 4) is 0 Å². The van der Waals surface area contributed by atoms with Crippen molar-refractivity contribution in [3.63, 3.8) is 0 Å². The molecule has 84 valence electrons. The molecule has 2 N–H and O–H groups in total. The van der Waals surface area contributed by atoms with Crippen LogP contribution in [0.1, 0.15) is 0 Å².